The van der Waals surface area contributed by atoms with Crippen molar-refractivity contribution >= 4 is 17.4 Å². The molecule has 0 aliphatic heterocycles. The van der Waals surface area contributed by atoms with Crippen molar-refractivity contribution in [2.24, 2.45) is 5.92 Å². The zero-order chi connectivity index (χ0) is 19.4. The second-order valence-corrected chi connectivity index (χ2v) is 6.30. The van der Waals surface area contributed by atoms with Crippen molar-refractivity contribution in [3.8, 4) is 11.4 Å². The lowest BCUT2D eigenvalue weighted by Gasteiger charge is -2.08. The van der Waals surface area contributed by atoms with Crippen LogP contribution in [0.1, 0.15) is 24.2 Å². The molecule has 0 atom stereocenters. The Morgan fingerprint density at radius 1 is 1.15 bits per heavy atom. The summed E-state index contributed by atoms with van der Waals surface area (Å²) in [4.78, 5) is 25.2. The molecule has 138 valence electrons. The van der Waals surface area contributed by atoms with Crippen LogP contribution in [-0.2, 0) is 11.3 Å². The van der Waals surface area contributed by atoms with E-state index < -0.39 is 5.82 Å². The van der Waals surface area contributed by atoms with Gasteiger partial charge in [0.2, 0.25) is 11.7 Å². The number of hydrogen-bond donors (Lipinski definition) is 1. The Morgan fingerprint density at radius 3 is 2.56 bits per heavy atom. The number of ketones is 1. The fourth-order valence-corrected chi connectivity index (χ4v) is 2.30. The molecule has 2 aromatic carbocycles. The number of amides is 1. The molecule has 0 radical (unpaired) electrons. The fraction of sp³-hybridized carbons (Fsp3) is 0.211. The summed E-state index contributed by atoms with van der Waals surface area (Å²) in [5, 5.41) is 14.6. The zero-order valence-corrected chi connectivity index (χ0v) is 14.9. The summed E-state index contributed by atoms with van der Waals surface area (Å²) in [5.41, 5.74) is 1.57. The number of nitrogens with zero attached hydrogens (tertiary/aromatic N) is 4. The van der Waals surface area contributed by atoms with E-state index in [0.29, 0.717) is 16.8 Å². The van der Waals surface area contributed by atoms with Gasteiger partial charge in [0.05, 0.1) is 0 Å². The van der Waals surface area contributed by atoms with E-state index in [9.17, 15) is 14.0 Å². The molecule has 0 bridgehead atoms. The van der Waals surface area contributed by atoms with E-state index in [1.165, 1.54) is 12.1 Å². The van der Waals surface area contributed by atoms with Crippen molar-refractivity contribution in [2.75, 3.05) is 5.32 Å². The molecule has 1 aromatic heterocycles. The minimum atomic E-state index is -0.399. The Labute approximate surface area is 155 Å². The summed E-state index contributed by atoms with van der Waals surface area (Å²) >= 11 is 0. The summed E-state index contributed by atoms with van der Waals surface area (Å²) < 4.78 is 13.3. The first kappa shape index (κ1) is 18.4. The first-order valence-electron chi connectivity index (χ1n) is 8.40. The Balaban J connectivity index is 1.66. The molecule has 0 saturated carbocycles. The van der Waals surface area contributed by atoms with Gasteiger partial charge < -0.3 is 5.32 Å². The predicted octanol–water partition coefficient (Wildman–Crippen LogP) is 2.96. The number of carbonyl (C=O) groups is 2. The molecule has 0 unspecified atom stereocenters. The van der Waals surface area contributed by atoms with Crippen LogP contribution in [0, 0.1) is 11.7 Å². The number of benzene rings is 2. The van der Waals surface area contributed by atoms with Crippen LogP contribution in [-0.4, -0.2) is 31.9 Å². The van der Waals surface area contributed by atoms with E-state index in [1.54, 1.807) is 50.2 Å². The van der Waals surface area contributed by atoms with Gasteiger partial charge >= 0.3 is 0 Å². The van der Waals surface area contributed by atoms with Gasteiger partial charge in [-0.3, -0.25) is 9.59 Å². The molecule has 3 rings (SSSR count). The van der Waals surface area contributed by atoms with Crippen LogP contribution < -0.4 is 5.32 Å². The Hall–Kier alpha value is -3.42. The Kier molecular flexibility index (Phi) is 5.35. The third-order valence-corrected chi connectivity index (χ3v) is 3.82. The van der Waals surface area contributed by atoms with Crippen LogP contribution in [0.4, 0.5) is 10.1 Å². The maximum Gasteiger partial charge on any atom is 0.226 e. The van der Waals surface area contributed by atoms with E-state index >= 15 is 0 Å². The number of halogens is 1. The third kappa shape index (κ3) is 4.60. The normalized spacial score (nSPS) is 10.8. The van der Waals surface area contributed by atoms with Gasteiger partial charge in [-0.2, -0.15) is 4.80 Å². The Bertz CT molecular complexity index is 966. The topological polar surface area (TPSA) is 89.8 Å². The first-order valence-corrected chi connectivity index (χ1v) is 8.40. The molecule has 8 heteroatoms. The van der Waals surface area contributed by atoms with Crippen LogP contribution in [0.5, 0.6) is 0 Å². The summed E-state index contributed by atoms with van der Waals surface area (Å²) in [6, 6.07) is 12.4. The second kappa shape index (κ2) is 7.86. The molecule has 0 aliphatic rings. The molecule has 3 aromatic rings. The van der Waals surface area contributed by atoms with Gasteiger partial charge in [0.15, 0.2) is 5.78 Å². The summed E-state index contributed by atoms with van der Waals surface area (Å²) in [5.74, 6) is -0.582. The number of nitrogens with one attached hydrogen (secondary N) is 1. The van der Waals surface area contributed by atoms with Crippen molar-refractivity contribution in [2.45, 2.75) is 20.4 Å². The minimum absolute atomic E-state index is 0.0919. The lowest BCUT2D eigenvalue weighted by atomic mass is 10.1. The van der Waals surface area contributed by atoms with E-state index in [0.717, 1.165) is 4.80 Å². The molecule has 1 amide bonds. The molecular formula is C19H18FN5O2. The molecule has 0 saturated heterocycles. The molecule has 27 heavy (non-hydrogen) atoms. The van der Waals surface area contributed by atoms with Crippen LogP contribution in [0.2, 0.25) is 0 Å². The minimum Gasteiger partial charge on any atom is -0.326 e. The SMILES string of the molecule is CC(C)C(=O)Nc1ccc(C(=O)Cn2nnc(-c3cccc(F)c3)n2)cc1. The lowest BCUT2D eigenvalue weighted by molar-refractivity contribution is -0.118. The average molecular weight is 367 g/mol. The smallest absolute Gasteiger partial charge is 0.226 e. The first-order chi connectivity index (χ1) is 12.9. The van der Waals surface area contributed by atoms with Crippen LogP contribution in [0.25, 0.3) is 11.4 Å². The maximum atomic E-state index is 13.3. The predicted molar refractivity (Wildman–Crippen MR) is 97.5 cm³/mol. The highest BCUT2D eigenvalue weighted by Crippen LogP contribution is 2.15. The quantitative estimate of drug-likeness (QED) is 0.677. The fourth-order valence-electron chi connectivity index (χ4n) is 2.30. The number of Topliss-reactive ketones (excluding diaryl/α,β-unsaturated/α-hetero) is 1. The van der Waals surface area contributed by atoms with Crippen LogP contribution >= 0.6 is 0 Å². The van der Waals surface area contributed by atoms with Gasteiger partial charge in [-0.15, -0.1) is 10.2 Å². The van der Waals surface area contributed by atoms with E-state index in [1.807, 2.05) is 0 Å². The van der Waals surface area contributed by atoms with Crippen LogP contribution in [0.3, 0.4) is 0 Å². The zero-order valence-electron chi connectivity index (χ0n) is 14.9. The number of tetrazole rings is 1. The molecule has 7 nitrogen and oxygen atoms in total. The summed E-state index contributed by atoms with van der Waals surface area (Å²) in [6.07, 6.45) is 0. The highest BCUT2D eigenvalue weighted by Gasteiger charge is 2.12. The van der Waals surface area contributed by atoms with Crippen molar-refractivity contribution in [1.82, 2.24) is 20.2 Å². The third-order valence-electron chi connectivity index (χ3n) is 3.82. The molecule has 1 N–H and O–H groups in total. The van der Waals surface area contributed by atoms with E-state index in [2.05, 4.69) is 20.7 Å². The monoisotopic (exact) mass is 367 g/mol. The van der Waals surface area contributed by atoms with Crippen molar-refractivity contribution in [3.63, 3.8) is 0 Å². The summed E-state index contributed by atoms with van der Waals surface area (Å²) in [6.45, 7) is 3.51. The highest BCUT2D eigenvalue weighted by atomic mass is 19.1. The second-order valence-electron chi connectivity index (χ2n) is 6.30. The Morgan fingerprint density at radius 2 is 1.89 bits per heavy atom. The van der Waals surface area contributed by atoms with Gasteiger partial charge in [-0.05, 0) is 41.6 Å². The van der Waals surface area contributed by atoms with Gasteiger partial charge in [-0.1, -0.05) is 26.0 Å². The number of anilines is 1. The molecule has 0 spiro atoms. The van der Waals surface area contributed by atoms with E-state index in [-0.39, 0.29) is 30.0 Å². The number of rotatable bonds is 6. The highest BCUT2D eigenvalue weighted by molar-refractivity contribution is 5.97. The molecule has 1 heterocycles. The lowest BCUT2D eigenvalue weighted by Crippen LogP contribution is -2.18. The summed E-state index contributed by atoms with van der Waals surface area (Å²) in [7, 11) is 0. The number of aromatic nitrogens is 4. The van der Waals surface area contributed by atoms with Gasteiger partial charge in [-0.25, -0.2) is 4.39 Å². The van der Waals surface area contributed by atoms with E-state index in [4.69, 9.17) is 0 Å². The van der Waals surface area contributed by atoms with Crippen LogP contribution in [0.15, 0.2) is 48.5 Å². The van der Waals surface area contributed by atoms with Crippen molar-refractivity contribution < 1.29 is 14.0 Å². The van der Waals surface area contributed by atoms with Gasteiger partial charge in [0.25, 0.3) is 0 Å². The van der Waals surface area contributed by atoms with Crippen molar-refractivity contribution in [3.05, 3.63) is 59.9 Å². The largest absolute Gasteiger partial charge is 0.326 e. The average Bonchev–Trinajstić information content (AvgIpc) is 3.10. The molecule has 0 fully saturated rings. The number of hydrogen-bond acceptors (Lipinski definition) is 5. The molecule has 0 aliphatic carbocycles. The standard InChI is InChI=1S/C19H18FN5O2/c1-12(2)19(27)21-16-8-6-13(7-9-16)17(26)11-25-23-18(22-24-25)14-4-3-5-15(20)10-14/h3-10,12H,11H2,1-2H3,(H,21,27). The van der Waals surface area contributed by atoms with Crippen molar-refractivity contribution in [1.29, 1.82) is 0 Å². The van der Waals surface area contributed by atoms with Gasteiger partial charge in [0.1, 0.15) is 12.4 Å². The van der Waals surface area contributed by atoms with Gasteiger partial charge in [0, 0.05) is 22.7 Å². The number of carbonyl (C=O) groups excluding carboxylic acids is 2. The maximum absolute atomic E-state index is 13.3. The molecular weight excluding hydrogens is 349 g/mol.